The molecule has 7 heteroatoms. The van der Waals surface area contributed by atoms with E-state index in [1.54, 1.807) is 42.5 Å². The van der Waals surface area contributed by atoms with E-state index in [0.717, 1.165) is 0 Å². The van der Waals surface area contributed by atoms with Gasteiger partial charge < -0.3 is 9.47 Å². The molecule has 0 aliphatic carbocycles. The van der Waals surface area contributed by atoms with E-state index in [0.29, 0.717) is 27.8 Å². The lowest BCUT2D eigenvalue weighted by molar-refractivity contribution is -0.117. The summed E-state index contributed by atoms with van der Waals surface area (Å²) in [5, 5.41) is 1.73. The minimum atomic E-state index is -0.477. The first-order valence-electron chi connectivity index (χ1n) is 7.38. The van der Waals surface area contributed by atoms with Gasteiger partial charge in [-0.2, -0.15) is 0 Å². The molecule has 0 saturated carbocycles. The molecule has 6 nitrogen and oxygen atoms in total. The second kappa shape index (κ2) is 6.86. The molecule has 0 bridgehead atoms. The molecule has 2 aromatic carbocycles. The van der Waals surface area contributed by atoms with Gasteiger partial charge in [0.1, 0.15) is 5.57 Å². The highest BCUT2D eigenvalue weighted by molar-refractivity contribution is 6.32. The summed E-state index contributed by atoms with van der Waals surface area (Å²) < 4.78 is 10.4. The van der Waals surface area contributed by atoms with Gasteiger partial charge in [-0.1, -0.05) is 17.7 Å². The summed E-state index contributed by atoms with van der Waals surface area (Å²) in [7, 11) is 3.05. The number of carbonyl (C=O) groups excluding carboxylic acids is 2. The molecule has 2 amide bonds. The van der Waals surface area contributed by atoms with Crippen molar-refractivity contribution >= 4 is 35.2 Å². The van der Waals surface area contributed by atoms with Gasteiger partial charge in [0.05, 0.1) is 19.9 Å². The van der Waals surface area contributed by atoms with Gasteiger partial charge in [-0.05, 0) is 48.0 Å². The Morgan fingerprint density at radius 3 is 2.32 bits per heavy atom. The first-order chi connectivity index (χ1) is 12.0. The van der Waals surface area contributed by atoms with E-state index in [9.17, 15) is 9.59 Å². The van der Waals surface area contributed by atoms with Crippen molar-refractivity contribution in [2.75, 3.05) is 19.2 Å². The average molecular weight is 359 g/mol. The molecule has 0 radical (unpaired) electrons. The summed E-state index contributed by atoms with van der Waals surface area (Å²) in [5.74, 6) is 0.156. The molecule has 1 saturated heterocycles. The van der Waals surface area contributed by atoms with Gasteiger partial charge in [0.25, 0.3) is 11.8 Å². The third-order valence-electron chi connectivity index (χ3n) is 3.69. The summed E-state index contributed by atoms with van der Waals surface area (Å²) in [6, 6.07) is 11.7. The lowest BCUT2D eigenvalue weighted by Crippen LogP contribution is -2.35. The summed E-state index contributed by atoms with van der Waals surface area (Å²) in [5.41, 5.74) is 3.74. The van der Waals surface area contributed by atoms with Gasteiger partial charge in [-0.25, -0.2) is 5.01 Å². The van der Waals surface area contributed by atoms with Crippen LogP contribution in [0.4, 0.5) is 5.69 Å². The van der Waals surface area contributed by atoms with Crippen molar-refractivity contribution in [3.8, 4) is 11.5 Å². The Morgan fingerprint density at radius 2 is 1.68 bits per heavy atom. The zero-order valence-corrected chi connectivity index (χ0v) is 14.3. The molecule has 1 fully saturated rings. The maximum absolute atomic E-state index is 12.6. The van der Waals surface area contributed by atoms with Crippen LogP contribution in [0.2, 0.25) is 5.02 Å². The highest BCUT2D eigenvalue weighted by atomic mass is 35.5. The van der Waals surface area contributed by atoms with Crippen molar-refractivity contribution < 1.29 is 19.1 Å². The van der Waals surface area contributed by atoms with E-state index >= 15 is 0 Å². The van der Waals surface area contributed by atoms with E-state index in [1.807, 2.05) is 0 Å². The molecular formula is C18H15ClN2O4. The summed E-state index contributed by atoms with van der Waals surface area (Å²) >= 11 is 5.85. The van der Waals surface area contributed by atoms with E-state index in [2.05, 4.69) is 5.43 Å². The number of benzene rings is 2. The number of carbonyl (C=O) groups is 2. The molecule has 0 spiro atoms. The number of halogens is 1. The number of amides is 2. The Balaban J connectivity index is 1.92. The van der Waals surface area contributed by atoms with Crippen LogP contribution in [0.25, 0.3) is 6.08 Å². The third-order valence-corrected chi connectivity index (χ3v) is 3.95. The van der Waals surface area contributed by atoms with Gasteiger partial charge in [-0.3, -0.25) is 15.0 Å². The molecule has 1 N–H and O–H groups in total. The van der Waals surface area contributed by atoms with Crippen molar-refractivity contribution in [3.05, 3.63) is 58.6 Å². The lowest BCUT2D eigenvalue weighted by Gasteiger charge is -2.14. The van der Waals surface area contributed by atoms with Crippen LogP contribution in [0, 0.1) is 0 Å². The Labute approximate surface area is 149 Å². The van der Waals surface area contributed by atoms with Crippen molar-refractivity contribution in [1.82, 2.24) is 5.43 Å². The largest absolute Gasteiger partial charge is 0.493 e. The average Bonchev–Trinajstić information content (AvgIpc) is 2.90. The summed E-state index contributed by atoms with van der Waals surface area (Å²) in [6.07, 6.45) is 1.51. The highest BCUT2D eigenvalue weighted by Crippen LogP contribution is 2.29. The number of nitrogens with one attached hydrogen (secondary N) is 1. The van der Waals surface area contributed by atoms with Crippen LogP contribution in [-0.4, -0.2) is 26.0 Å². The molecule has 2 aromatic rings. The normalized spacial score (nSPS) is 15.5. The first kappa shape index (κ1) is 16.9. The fraction of sp³-hybridized carbons (Fsp3) is 0.111. The third kappa shape index (κ3) is 3.29. The SMILES string of the molecule is COc1ccc(C=C2C(=O)NN(c3ccc(Cl)cc3)C2=O)cc1OC. The number of anilines is 1. The van der Waals surface area contributed by atoms with Crippen LogP contribution in [0.3, 0.4) is 0 Å². The summed E-state index contributed by atoms with van der Waals surface area (Å²) in [4.78, 5) is 24.8. The molecule has 0 aromatic heterocycles. The standard InChI is InChI=1S/C18H15ClN2O4/c1-24-15-8-3-11(10-16(15)25-2)9-14-17(22)20-21(18(14)23)13-6-4-12(19)5-7-13/h3-10H,1-2H3,(H,20,22). The Morgan fingerprint density at radius 1 is 1.00 bits per heavy atom. The lowest BCUT2D eigenvalue weighted by atomic mass is 10.1. The number of ether oxygens (including phenoxy) is 2. The number of hydrazine groups is 1. The Bertz CT molecular complexity index is 862. The second-order valence-electron chi connectivity index (χ2n) is 5.23. The fourth-order valence-electron chi connectivity index (χ4n) is 2.44. The van der Waals surface area contributed by atoms with Gasteiger partial charge in [0.2, 0.25) is 0 Å². The maximum atomic E-state index is 12.6. The number of hydrogen-bond donors (Lipinski definition) is 1. The minimum absolute atomic E-state index is 0.0298. The van der Waals surface area contributed by atoms with E-state index in [-0.39, 0.29) is 5.57 Å². The molecule has 0 unspecified atom stereocenters. The molecule has 1 heterocycles. The van der Waals surface area contributed by atoms with Crippen molar-refractivity contribution in [2.45, 2.75) is 0 Å². The predicted octanol–water partition coefficient (Wildman–Crippen LogP) is 2.82. The monoisotopic (exact) mass is 358 g/mol. The second-order valence-corrected chi connectivity index (χ2v) is 5.67. The van der Waals surface area contributed by atoms with E-state index in [1.165, 1.54) is 25.3 Å². The Kier molecular flexibility index (Phi) is 4.63. The molecule has 3 rings (SSSR count). The van der Waals surface area contributed by atoms with Gasteiger partial charge in [-0.15, -0.1) is 0 Å². The molecular weight excluding hydrogens is 344 g/mol. The molecule has 25 heavy (non-hydrogen) atoms. The van der Waals surface area contributed by atoms with Gasteiger partial charge >= 0.3 is 0 Å². The zero-order chi connectivity index (χ0) is 18.0. The molecule has 128 valence electrons. The van der Waals surface area contributed by atoms with Crippen LogP contribution in [0.1, 0.15) is 5.56 Å². The fourth-order valence-corrected chi connectivity index (χ4v) is 2.56. The zero-order valence-electron chi connectivity index (χ0n) is 13.6. The quantitative estimate of drug-likeness (QED) is 0.674. The van der Waals surface area contributed by atoms with Crippen LogP contribution < -0.4 is 19.9 Å². The van der Waals surface area contributed by atoms with Crippen LogP contribution in [-0.2, 0) is 9.59 Å². The van der Waals surface area contributed by atoms with Crippen molar-refractivity contribution in [3.63, 3.8) is 0 Å². The van der Waals surface area contributed by atoms with Gasteiger partial charge in [0.15, 0.2) is 11.5 Å². The topological polar surface area (TPSA) is 67.9 Å². The first-order valence-corrected chi connectivity index (χ1v) is 7.76. The number of nitrogens with zero attached hydrogens (tertiary/aromatic N) is 1. The van der Waals surface area contributed by atoms with Crippen LogP contribution >= 0.6 is 11.6 Å². The van der Waals surface area contributed by atoms with Gasteiger partial charge in [0, 0.05) is 5.02 Å². The molecule has 0 atom stereocenters. The number of rotatable bonds is 4. The highest BCUT2D eigenvalue weighted by Gasteiger charge is 2.34. The van der Waals surface area contributed by atoms with Crippen molar-refractivity contribution in [1.29, 1.82) is 0 Å². The Hall–Kier alpha value is -2.99. The molecule has 1 aliphatic heterocycles. The summed E-state index contributed by atoms with van der Waals surface area (Å²) in [6.45, 7) is 0. The predicted molar refractivity (Wildman–Crippen MR) is 94.6 cm³/mol. The van der Waals surface area contributed by atoms with E-state index < -0.39 is 11.8 Å². The number of methoxy groups -OCH3 is 2. The van der Waals surface area contributed by atoms with Crippen LogP contribution in [0.15, 0.2) is 48.0 Å². The minimum Gasteiger partial charge on any atom is -0.493 e. The smallest absolute Gasteiger partial charge is 0.282 e. The number of hydrogen-bond acceptors (Lipinski definition) is 4. The van der Waals surface area contributed by atoms with E-state index in [4.69, 9.17) is 21.1 Å². The van der Waals surface area contributed by atoms with Crippen molar-refractivity contribution in [2.24, 2.45) is 0 Å². The maximum Gasteiger partial charge on any atom is 0.282 e. The van der Waals surface area contributed by atoms with Crippen LogP contribution in [0.5, 0.6) is 11.5 Å². The molecule has 1 aliphatic rings.